The molecule has 1 saturated heterocycles. The number of rotatable bonds is 4. The number of hydrogen-bond acceptors (Lipinski definition) is 3. The third-order valence-corrected chi connectivity index (χ3v) is 4.43. The van der Waals surface area contributed by atoms with Gasteiger partial charge in [0, 0.05) is 30.6 Å². The molecule has 1 heterocycles. The van der Waals surface area contributed by atoms with Crippen LogP contribution >= 0.6 is 0 Å². The molecule has 132 valence electrons. The second-order valence-electron chi connectivity index (χ2n) is 6.41. The maximum absolute atomic E-state index is 13.5. The number of aromatic hydroxyl groups is 1. The Morgan fingerprint density at radius 1 is 1.20 bits per heavy atom. The van der Waals surface area contributed by atoms with E-state index in [-0.39, 0.29) is 17.7 Å². The third-order valence-electron chi connectivity index (χ3n) is 4.43. The fourth-order valence-electron chi connectivity index (χ4n) is 3.19. The van der Waals surface area contributed by atoms with Crippen molar-refractivity contribution in [3.05, 3.63) is 64.7 Å². The molecule has 25 heavy (non-hydrogen) atoms. The van der Waals surface area contributed by atoms with Gasteiger partial charge >= 0.3 is 0 Å². The molecule has 3 rings (SSSR count). The van der Waals surface area contributed by atoms with Crippen LogP contribution in [0.15, 0.2) is 36.4 Å². The zero-order valence-electron chi connectivity index (χ0n) is 13.9. The lowest BCUT2D eigenvalue weighted by molar-refractivity contribution is -0.123. The molecule has 0 saturated carbocycles. The molecule has 0 radical (unpaired) electrons. The molecule has 1 amide bonds. The molecule has 0 unspecified atom stereocenters. The van der Waals surface area contributed by atoms with Crippen molar-refractivity contribution >= 4 is 5.91 Å². The second-order valence-corrected chi connectivity index (χ2v) is 6.41. The van der Waals surface area contributed by atoms with Gasteiger partial charge in [0.25, 0.3) is 0 Å². The van der Waals surface area contributed by atoms with Crippen LogP contribution in [0.4, 0.5) is 8.78 Å². The van der Waals surface area contributed by atoms with Gasteiger partial charge in [-0.05, 0) is 37.1 Å². The number of benzene rings is 2. The highest BCUT2D eigenvalue weighted by Gasteiger charge is 2.30. The molecular formula is C19H20F2N2O2. The lowest BCUT2D eigenvalue weighted by Gasteiger charge is -2.33. The Morgan fingerprint density at radius 2 is 1.92 bits per heavy atom. The largest absolute Gasteiger partial charge is 0.508 e. The highest BCUT2D eigenvalue weighted by Crippen LogP contribution is 2.27. The number of aryl methyl sites for hydroxylation is 1. The minimum absolute atomic E-state index is 0.147. The average Bonchev–Trinajstić information content (AvgIpc) is 2.55. The first kappa shape index (κ1) is 17.4. The minimum atomic E-state index is -0.676. The fourth-order valence-corrected chi connectivity index (χ4v) is 3.19. The summed E-state index contributed by atoms with van der Waals surface area (Å²) in [4.78, 5) is 11.8. The summed E-state index contributed by atoms with van der Waals surface area (Å²) < 4.78 is 27.1. The van der Waals surface area contributed by atoms with E-state index in [9.17, 15) is 18.7 Å². The Labute approximate surface area is 144 Å². The molecule has 0 aromatic heterocycles. The van der Waals surface area contributed by atoms with Crippen molar-refractivity contribution in [1.29, 1.82) is 0 Å². The summed E-state index contributed by atoms with van der Waals surface area (Å²) >= 11 is 0. The number of carbonyl (C=O) groups is 1. The normalized spacial score (nSPS) is 20.4. The first-order chi connectivity index (χ1) is 11.9. The predicted octanol–water partition coefficient (Wildman–Crippen LogP) is 3.09. The Morgan fingerprint density at radius 3 is 2.64 bits per heavy atom. The molecule has 2 aromatic carbocycles. The van der Waals surface area contributed by atoms with Crippen LogP contribution in [-0.4, -0.2) is 17.1 Å². The number of piperidine rings is 1. The van der Waals surface area contributed by atoms with Crippen molar-refractivity contribution in [2.24, 2.45) is 0 Å². The summed E-state index contributed by atoms with van der Waals surface area (Å²) in [5.74, 6) is -1.31. The number of phenolic OH excluding ortho intramolecular Hbond substituents is 1. The fraction of sp³-hybridized carbons (Fsp3) is 0.316. The van der Waals surface area contributed by atoms with E-state index < -0.39 is 17.7 Å². The highest BCUT2D eigenvalue weighted by molar-refractivity contribution is 5.77. The first-order valence-corrected chi connectivity index (χ1v) is 8.19. The van der Waals surface area contributed by atoms with Gasteiger partial charge in [0.05, 0.1) is 6.04 Å². The van der Waals surface area contributed by atoms with Crippen molar-refractivity contribution in [1.82, 2.24) is 10.6 Å². The van der Waals surface area contributed by atoms with Crippen LogP contribution < -0.4 is 10.6 Å². The summed E-state index contributed by atoms with van der Waals surface area (Å²) in [7, 11) is 0. The summed E-state index contributed by atoms with van der Waals surface area (Å²) in [6.07, 6.45) is 0.882. The maximum atomic E-state index is 13.5. The van der Waals surface area contributed by atoms with Gasteiger partial charge < -0.3 is 15.7 Å². The van der Waals surface area contributed by atoms with Crippen molar-refractivity contribution in [2.45, 2.75) is 38.4 Å². The van der Waals surface area contributed by atoms with Crippen LogP contribution in [0.1, 0.15) is 35.6 Å². The molecule has 2 atom stereocenters. The molecule has 4 nitrogen and oxygen atoms in total. The van der Waals surface area contributed by atoms with Crippen LogP contribution in [0.3, 0.4) is 0 Å². The summed E-state index contributed by atoms with van der Waals surface area (Å²) in [6, 6.07) is 7.88. The summed E-state index contributed by atoms with van der Waals surface area (Å²) in [5.41, 5.74) is 2.15. The second kappa shape index (κ2) is 7.19. The van der Waals surface area contributed by atoms with Crippen LogP contribution in [0.2, 0.25) is 0 Å². The van der Waals surface area contributed by atoms with Gasteiger partial charge in [-0.25, -0.2) is 8.78 Å². The SMILES string of the molecule is Cc1ccc(O)c(CN[C@@H]2CCC(=O)N[C@H]2c2cc(F)cc(F)c2)c1. The van der Waals surface area contributed by atoms with Crippen molar-refractivity contribution in [2.75, 3.05) is 0 Å². The Bertz CT molecular complexity index is 775. The van der Waals surface area contributed by atoms with E-state index in [1.54, 1.807) is 6.07 Å². The monoisotopic (exact) mass is 346 g/mol. The summed E-state index contributed by atoms with van der Waals surface area (Å²) in [5, 5.41) is 16.0. The molecule has 2 aromatic rings. The highest BCUT2D eigenvalue weighted by atomic mass is 19.1. The number of carbonyl (C=O) groups excluding carboxylic acids is 1. The van der Waals surface area contributed by atoms with E-state index in [2.05, 4.69) is 10.6 Å². The molecule has 1 aliphatic heterocycles. The lowest BCUT2D eigenvalue weighted by atomic mass is 9.91. The van der Waals surface area contributed by atoms with E-state index in [4.69, 9.17) is 0 Å². The van der Waals surface area contributed by atoms with Gasteiger partial charge in [0.1, 0.15) is 17.4 Å². The quantitative estimate of drug-likeness (QED) is 0.797. The minimum Gasteiger partial charge on any atom is -0.508 e. The van der Waals surface area contributed by atoms with E-state index in [0.29, 0.717) is 24.9 Å². The van der Waals surface area contributed by atoms with Crippen LogP contribution in [0, 0.1) is 18.6 Å². The van der Waals surface area contributed by atoms with Gasteiger partial charge in [-0.1, -0.05) is 17.7 Å². The molecule has 0 aliphatic carbocycles. The molecular weight excluding hydrogens is 326 g/mol. The van der Waals surface area contributed by atoms with Crippen molar-refractivity contribution in [3.63, 3.8) is 0 Å². The van der Waals surface area contributed by atoms with E-state index in [1.807, 2.05) is 19.1 Å². The molecule has 1 aliphatic rings. The first-order valence-electron chi connectivity index (χ1n) is 8.19. The van der Waals surface area contributed by atoms with Crippen LogP contribution in [-0.2, 0) is 11.3 Å². The predicted molar refractivity (Wildman–Crippen MR) is 89.9 cm³/mol. The van der Waals surface area contributed by atoms with Crippen LogP contribution in [0.25, 0.3) is 0 Å². The third kappa shape index (κ3) is 4.14. The zero-order valence-corrected chi connectivity index (χ0v) is 13.9. The Kier molecular flexibility index (Phi) is 4.99. The topological polar surface area (TPSA) is 61.4 Å². The van der Waals surface area contributed by atoms with Gasteiger partial charge in [-0.3, -0.25) is 4.79 Å². The number of nitrogens with one attached hydrogen (secondary N) is 2. The van der Waals surface area contributed by atoms with Gasteiger partial charge in [0.2, 0.25) is 5.91 Å². The van der Waals surface area contributed by atoms with E-state index in [0.717, 1.165) is 17.2 Å². The number of halogens is 2. The number of phenols is 1. The molecule has 3 N–H and O–H groups in total. The smallest absolute Gasteiger partial charge is 0.220 e. The standard InChI is InChI=1S/C19H20F2N2O2/c1-11-2-4-17(24)13(6-11)10-22-16-3-5-18(25)23-19(16)12-7-14(20)9-15(21)8-12/h2,4,6-9,16,19,22,24H,3,5,10H2,1H3,(H,23,25)/t16-,19+/m1/s1. The zero-order chi connectivity index (χ0) is 18.0. The van der Waals surface area contributed by atoms with Gasteiger partial charge in [-0.15, -0.1) is 0 Å². The Hall–Kier alpha value is -2.47. The van der Waals surface area contributed by atoms with Crippen molar-refractivity contribution < 1.29 is 18.7 Å². The van der Waals surface area contributed by atoms with Crippen LogP contribution in [0.5, 0.6) is 5.75 Å². The lowest BCUT2D eigenvalue weighted by Crippen LogP contribution is -2.48. The molecule has 0 spiro atoms. The maximum Gasteiger partial charge on any atom is 0.220 e. The van der Waals surface area contributed by atoms with Crippen molar-refractivity contribution in [3.8, 4) is 5.75 Å². The molecule has 1 fully saturated rings. The van der Waals surface area contributed by atoms with Gasteiger partial charge in [-0.2, -0.15) is 0 Å². The Balaban J connectivity index is 1.80. The average molecular weight is 346 g/mol. The summed E-state index contributed by atoms with van der Waals surface area (Å²) in [6.45, 7) is 2.32. The van der Waals surface area contributed by atoms with E-state index in [1.165, 1.54) is 12.1 Å². The molecule has 6 heteroatoms. The number of hydrogen-bond donors (Lipinski definition) is 3. The van der Waals surface area contributed by atoms with E-state index >= 15 is 0 Å². The number of amides is 1. The van der Waals surface area contributed by atoms with Gasteiger partial charge in [0.15, 0.2) is 0 Å². The molecule has 0 bridgehead atoms.